The quantitative estimate of drug-likeness (QED) is 0.908. The van der Waals surface area contributed by atoms with E-state index in [1.807, 2.05) is 6.92 Å². The van der Waals surface area contributed by atoms with Gasteiger partial charge in [0.25, 0.3) is 0 Å². The molecule has 2 unspecified atom stereocenters. The van der Waals surface area contributed by atoms with E-state index >= 15 is 0 Å². The minimum Gasteiger partial charge on any atom is -0.310 e. The summed E-state index contributed by atoms with van der Waals surface area (Å²) >= 11 is 3.42. The molecule has 0 spiro atoms. The third-order valence-electron chi connectivity index (χ3n) is 3.46. The third-order valence-corrected chi connectivity index (χ3v) is 5.97. The minimum absolute atomic E-state index is 0.00282. The Kier molecular flexibility index (Phi) is 4.63. The second kappa shape index (κ2) is 5.89. The molecule has 3 nitrogen and oxygen atoms in total. The molecule has 1 fully saturated rings. The third kappa shape index (κ3) is 3.55. The van der Waals surface area contributed by atoms with E-state index in [1.54, 1.807) is 6.07 Å². The van der Waals surface area contributed by atoms with Crippen LogP contribution < -0.4 is 5.32 Å². The molecule has 6 heteroatoms. The predicted octanol–water partition coefficient (Wildman–Crippen LogP) is 2.67. The molecule has 0 radical (unpaired) electrons. The Labute approximate surface area is 121 Å². The number of hydrogen-bond acceptors (Lipinski definition) is 3. The first-order valence-electron chi connectivity index (χ1n) is 6.31. The average Bonchev–Trinajstić information content (AvgIpc) is 2.70. The van der Waals surface area contributed by atoms with Gasteiger partial charge < -0.3 is 5.32 Å². The fourth-order valence-electron chi connectivity index (χ4n) is 2.59. The van der Waals surface area contributed by atoms with E-state index in [4.69, 9.17) is 0 Å². The molecule has 0 saturated carbocycles. The van der Waals surface area contributed by atoms with Crippen LogP contribution in [-0.4, -0.2) is 26.5 Å². The monoisotopic (exact) mass is 349 g/mol. The van der Waals surface area contributed by atoms with E-state index in [0.29, 0.717) is 13.0 Å². The molecule has 106 valence electrons. The highest BCUT2D eigenvalue weighted by Crippen LogP contribution is 2.35. The summed E-state index contributed by atoms with van der Waals surface area (Å²) in [7, 11) is -2.94. The molecule has 0 aromatic heterocycles. The van der Waals surface area contributed by atoms with E-state index in [0.717, 1.165) is 10.0 Å². The highest BCUT2D eigenvalue weighted by Gasteiger charge is 2.34. The van der Waals surface area contributed by atoms with Crippen LogP contribution in [-0.2, 0) is 9.84 Å². The van der Waals surface area contributed by atoms with Gasteiger partial charge in [0, 0.05) is 10.5 Å². The fraction of sp³-hybridized carbons (Fsp3) is 0.538. The first-order valence-corrected chi connectivity index (χ1v) is 8.93. The lowest BCUT2D eigenvalue weighted by molar-refractivity contribution is 0.397. The highest BCUT2D eigenvalue weighted by molar-refractivity contribution is 9.10. The number of benzene rings is 1. The SMILES string of the molecule is CCNC(c1cc(F)ccc1Br)C1CCS(=O)(=O)C1. The van der Waals surface area contributed by atoms with Gasteiger partial charge in [0.15, 0.2) is 9.84 Å². The zero-order valence-corrected chi connectivity index (χ0v) is 13.1. The maximum atomic E-state index is 13.4. The van der Waals surface area contributed by atoms with Crippen molar-refractivity contribution in [2.75, 3.05) is 18.1 Å². The van der Waals surface area contributed by atoms with E-state index in [1.165, 1.54) is 12.1 Å². The number of sulfone groups is 1. The van der Waals surface area contributed by atoms with Gasteiger partial charge in [-0.3, -0.25) is 0 Å². The van der Waals surface area contributed by atoms with Crippen molar-refractivity contribution in [2.45, 2.75) is 19.4 Å². The summed E-state index contributed by atoms with van der Waals surface area (Å²) in [5, 5.41) is 3.29. The van der Waals surface area contributed by atoms with Crippen LogP contribution in [0.1, 0.15) is 24.9 Å². The van der Waals surface area contributed by atoms with Crippen molar-refractivity contribution in [1.29, 1.82) is 0 Å². The first-order chi connectivity index (χ1) is 8.93. The minimum atomic E-state index is -2.94. The standard InChI is InChI=1S/C13H17BrFNO2S/c1-2-16-13(9-5-6-19(17,18)8-9)11-7-10(15)3-4-12(11)14/h3-4,7,9,13,16H,2,5-6,8H2,1H3. The van der Waals surface area contributed by atoms with Gasteiger partial charge >= 0.3 is 0 Å². The number of halogens is 2. The average molecular weight is 350 g/mol. The lowest BCUT2D eigenvalue weighted by Gasteiger charge is -2.25. The van der Waals surface area contributed by atoms with Crippen LogP contribution >= 0.6 is 15.9 Å². The van der Waals surface area contributed by atoms with Crippen LogP contribution in [0.15, 0.2) is 22.7 Å². The van der Waals surface area contributed by atoms with Crippen LogP contribution in [0.3, 0.4) is 0 Å². The summed E-state index contributed by atoms with van der Waals surface area (Å²) in [6.07, 6.45) is 0.628. The molecular formula is C13H17BrFNO2S. The van der Waals surface area contributed by atoms with Crippen LogP contribution in [0.2, 0.25) is 0 Å². The summed E-state index contributed by atoms with van der Waals surface area (Å²) in [5.74, 6) is 0.102. The fourth-order valence-corrected chi connectivity index (χ4v) is 4.92. The van der Waals surface area contributed by atoms with Crippen molar-refractivity contribution in [3.8, 4) is 0 Å². The lowest BCUT2D eigenvalue weighted by Crippen LogP contribution is -2.29. The van der Waals surface area contributed by atoms with E-state index in [2.05, 4.69) is 21.2 Å². The van der Waals surface area contributed by atoms with Crippen molar-refractivity contribution in [2.24, 2.45) is 5.92 Å². The van der Waals surface area contributed by atoms with Crippen molar-refractivity contribution in [3.05, 3.63) is 34.1 Å². The van der Waals surface area contributed by atoms with Gasteiger partial charge in [-0.05, 0) is 42.6 Å². The second-order valence-electron chi connectivity index (χ2n) is 4.86. The van der Waals surface area contributed by atoms with Crippen molar-refractivity contribution < 1.29 is 12.8 Å². The Morgan fingerprint density at radius 3 is 2.84 bits per heavy atom. The van der Waals surface area contributed by atoms with Crippen LogP contribution in [0, 0.1) is 11.7 Å². The Balaban J connectivity index is 2.32. The van der Waals surface area contributed by atoms with Gasteiger partial charge in [0.1, 0.15) is 5.82 Å². The summed E-state index contributed by atoms with van der Waals surface area (Å²) in [4.78, 5) is 0. The zero-order valence-electron chi connectivity index (χ0n) is 10.7. The Morgan fingerprint density at radius 2 is 2.26 bits per heavy atom. The van der Waals surface area contributed by atoms with Crippen molar-refractivity contribution >= 4 is 25.8 Å². The molecule has 2 rings (SSSR count). The molecule has 1 aliphatic heterocycles. The van der Waals surface area contributed by atoms with Crippen LogP contribution in [0.25, 0.3) is 0 Å². The molecule has 1 aromatic carbocycles. The van der Waals surface area contributed by atoms with Gasteiger partial charge in [-0.1, -0.05) is 22.9 Å². The number of rotatable bonds is 4. The molecule has 1 aliphatic rings. The molecule has 0 bridgehead atoms. The molecule has 19 heavy (non-hydrogen) atoms. The molecule has 1 N–H and O–H groups in total. The largest absolute Gasteiger partial charge is 0.310 e. The Hall–Kier alpha value is -0.460. The van der Waals surface area contributed by atoms with Crippen LogP contribution in [0.5, 0.6) is 0 Å². The zero-order chi connectivity index (χ0) is 14.0. The Morgan fingerprint density at radius 1 is 1.53 bits per heavy atom. The maximum absolute atomic E-state index is 13.4. The molecule has 1 aromatic rings. The summed E-state index contributed by atoms with van der Waals surface area (Å²) in [5.41, 5.74) is 0.795. The van der Waals surface area contributed by atoms with Crippen molar-refractivity contribution in [1.82, 2.24) is 5.32 Å². The Bertz CT molecular complexity index is 562. The lowest BCUT2D eigenvalue weighted by atomic mass is 9.92. The predicted molar refractivity (Wildman–Crippen MR) is 77.3 cm³/mol. The van der Waals surface area contributed by atoms with Crippen LogP contribution in [0.4, 0.5) is 4.39 Å². The molecule has 0 aliphatic carbocycles. The maximum Gasteiger partial charge on any atom is 0.150 e. The van der Waals surface area contributed by atoms with E-state index in [9.17, 15) is 12.8 Å². The first kappa shape index (κ1) is 14.9. The van der Waals surface area contributed by atoms with Gasteiger partial charge in [-0.2, -0.15) is 0 Å². The van der Waals surface area contributed by atoms with Gasteiger partial charge in [0.2, 0.25) is 0 Å². The second-order valence-corrected chi connectivity index (χ2v) is 7.95. The van der Waals surface area contributed by atoms with Gasteiger partial charge in [-0.25, -0.2) is 12.8 Å². The van der Waals surface area contributed by atoms with E-state index < -0.39 is 9.84 Å². The topological polar surface area (TPSA) is 46.2 Å². The van der Waals surface area contributed by atoms with Gasteiger partial charge in [0.05, 0.1) is 11.5 Å². The smallest absolute Gasteiger partial charge is 0.150 e. The number of nitrogens with one attached hydrogen (secondary N) is 1. The molecule has 1 saturated heterocycles. The molecule has 2 atom stereocenters. The van der Waals surface area contributed by atoms with E-state index in [-0.39, 0.29) is 29.3 Å². The normalized spacial score (nSPS) is 23.4. The summed E-state index contributed by atoms with van der Waals surface area (Å²) in [6, 6.07) is 4.40. The summed E-state index contributed by atoms with van der Waals surface area (Å²) in [6.45, 7) is 2.67. The highest BCUT2D eigenvalue weighted by atomic mass is 79.9. The summed E-state index contributed by atoms with van der Waals surface area (Å²) < 4.78 is 37.5. The molecule has 0 amide bonds. The van der Waals surface area contributed by atoms with Crippen molar-refractivity contribution in [3.63, 3.8) is 0 Å². The molecule has 1 heterocycles. The van der Waals surface area contributed by atoms with Gasteiger partial charge in [-0.15, -0.1) is 0 Å². The molecular weight excluding hydrogens is 333 g/mol. The number of hydrogen-bond donors (Lipinski definition) is 1.